The first-order chi connectivity index (χ1) is 12.2. The van der Waals surface area contributed by atoms with Crippen LogP contribution in [0.2, 0.25) is 0 Å². The smallest absolute Gasteiger partial charge is 0.0998 e. The van der Waals surface area contributed by atoms with Crippen LogP contribution >= 0.6 is 0 Å². The van der Waals surface area contributed by atoms with Gasteiger partial charge in [0.1, 0.15) is 0 Å². The summed E-state index contributed by atoms with van der Waals surface area (Å²) >= 11 is 0. The summed E-state index contributed by atoms with van der Waals surface area (Å²) in [4.78, 5) is 4.88. The van der Waals surface area contributed by atoms with Crippen LogP contribution in [0.1, 0.15) is 38.5 Å². The van der Waals surface area contributed by atoms with Gasteiger partial charge in [0, 0.05) is 57.5 Å². The summed E-state index contributed by atoms with van der Waals surface area (Å²) in [5.74, 6) is 1.38. The van der Waals surface area contributed by atoms with Gasteiger partial charge in [-0.2, -0.15) is 0 Å². The summed E-state index contributed by atoms with van der Waals surface area (Å²) in [7, 11) is 6.35. The van der Waals surface area contributed by atoms with Gasteiger partial charge in [0.15, 0.2) is 0 Å². The number of hydrogen-bond acceptors (Lipinski definition) is 3. The van der Waals surface area contributed by atoms with Crippen molar-refractivity contribution in [3.8, 4) is 0 Å². The molecule has 2 atom stereocenters. The number of ether oxygens (including phenoxy) is 1. The first kappa shape index (κ1) is 17.0. The third-order valence-electron chi connectivity index (χ3n) is 6.62. The second-order valence-electron chi connectivity index (χ2n) is 8.21. The van der Waals surface area contributed by atoms with E-state index >= 15 is 0 Å². The third kappa shape index (κ3) is 3.19. The van der Waals surface area contributed by atoms with Gasteiger partial charge in [0.05, 0.1) is 6.10 Å². The lowest BCUT2D eigenvalue weighted by molar-refractivity contribution is 0.143. The molecule has 2 heterocycles. The molecule has 0 aromatic carbocycles. The molecule has 25 heavy (non-hydrogen) atoms. The normalized spacial score (nSPS) is 30.5. The van der Waals surface area contributed by atoms with Crippen LogP contribution in [0.5, 0.6) is 0 Å². The van der Waals surface area contributed by atoms with Gasteiger partial charge in [0.25, 0.3) is 0 Å². The van der Waals surface area contributed by atoms with Crippen molar-refractivity contribution in [3.63, 3.8) is 0 Å². The summed E-state index contributed by atoms with van der Waals surface area (Å²) in [5, 5.41) is 0. The number of methoxy groups -OCH3 is 1. The largest absolute Gasteiger partial charge is 0.378 e. The molecule has 3 heteroatoms. The molecule has 0 spiro atoms. The Morgan fingerprint density at radius 1 is 0.840 bits per heavy atom. The molecule has 4 rings (SSSR count). The number of piperidine rings is 2. The average molecular weight is 341 g/mol. The van der Waals surface area contributed by atoms with Crippen molar-refractivity contribution >= 4 is 0 Å². The molecule has 2 unspecified atom stereocenters. The van der Waals surface area contributed by atoms with Gasteiger partial charge in [-0.1, -0.05) is 12.2 Å². The minimum Gasteiger partial charge on any atom is -0.378 e. The Kier molecular flexibility index (Phi) is 4.77. The lowest BCUT2D eigenvalue weighted by Crippen LogP contribution is -2.34. The zero-order valence-corrected chi connectivity index (χ0v) is 16.0. The van der Waals surface area contributed by atoms with Crippen molar-refractivity contribution in [2.75, 3.05) is 34.3 Å². The molecule has 2 fully saturated rings. The fraction of sp³-hybridized carbons (Fsp3) is 0.636. The van der Waals surface area contributed by atoms with Gasteiger partial charge in [0.2, 0.25) is 0 Å². The van der Waals surface area contributed by atoms with Gasteiger partial charge in [-0.15, -0.1) is 0 Å². The monoisotopic (exact) mass is 340 g/mol. The standard InChI is InChI=1S/C22H32N2O/c1-23-12-4-6-16-14-18(8-10-20(16)23)22(25-3)19-9-11-21-17(15-19)7-5-13-24(21)2/h8-11,16-17,22H,4-7,12-15H2,1-3H3. The predicted molar refractivity (Wildman–Crippen MR) is 103 cm³/mol. The Morgan fingerprint density at radius 2 is 1.32 bits per heavy atom. The minimum absolute atomic E-state index is 0.162. The molecule has 0 radical (unpaired) electrons. The van der Waals surface area contributed by atoms with Gasteiger partial charge >= 0.3 is 0 Å². The molecule has 2 aliphatic heterocycles. The lowest BCUT2D eigenvalue weighted by Gasteiger charge is -2.40. The van der Waals surface area contributed by atoms with Crippen LogP contribution in [0, 0.1) is 11.8 Å². The maximum absolute atomic E-state index is 6.02. The Morgan fingerprint density at radius 3 is 1.76 bits per heavy atom. The molecule has 0 aromatic rings. The Balaban J connectivity index is 1.57. The SMILES string of the molecule is COC(C1=CC=C2C(CCCN2C)C1)C1=CC=C2C(CCCN2C)C1. The van der Waals surface area contributed by atoms with Crippen molar-refractivity contribution in [1.29, 1.82) is 0 Å². The molecule has 4 aliphatic rings. The summed E-state index contributed by atoms with van der Waals surface area (Å²) < 4.78 is 6.02. The predicted octanol–water partition coefficient (Wildman–Crippen LogP) is 4.11. The van der Waals surface area contributed by atoms with E-state index in [1.54, 1.807) is 0 Å². The molecule has 0 N–H and O–H groups in total. The number of likely N-dealkylation sites (tertiary alicyclic amines) is 2. The van der Waals surface area contributed by atoms with E-state index in [0.717, 1.165) is 12.8 Å². The fourth-order valence-corrected chi connectivity index (χ4v) is 5.29. The summed E-state index contributed by atoms with van der Waals surface area (Å²) in [6.45, 7) is 2.40. The lowest BCUT2D eigenvalue weighted by atomic mass is 9.78. The molecule has 3 nitrogen and oxygen atoms in total. The zero-order valence-electron chi connectivity index (χ0n) is 16.0. The number of hydrogen-bond donors (Lipinski definition) is 0. The van der Waals surface area contributed by atoms with Crippen LogP contribution < -0.4 is 0 Å². The molecule has 0 saturated carbocycles. The zero-order chi connectivity index (χ0) is 17.4. The Hall–Kier alpha value is -1.48. The number of fused-ring (bicyclic) bond motifs is 2. The second kappa shape index (κ2) is 7.03. The summed E-state index contributed by atoms with van der Waals surface area (Å²) in [6.07, 6.45) is 17.1. The van der Waals surface area contributed by atoms with Gasteiger partial charge in [-0.05, 0) is 61.8 Å². The fourth-order valence-electron chi connectivity index (χ4n) is 5.29. The highest BCUT2D eigenvalue weighted by Gasteiger charge is 2.32. The van der Waals surface area contributed by atoms with Crippen LogP contribution in [0.15, 0.2) is 46.8 Å². The number of allylic oxidation sites excluding steroid dienone is 6. The first-order valence-electron chi connectivity index (χ1n) is 9.93. The van der Waals surface area contributed by atoms with Crippen LogP contribution in [-0.4, -0.2) is 50.2 Å². The van der Waals surface area contributed by atoms with Crippen molar-refractivity contribution in [1.82, 2.24) is 9.80 Å². The van der Waals surface area contributed by atoms with E-state index in [1.165, 1.54) is 61.3 Å². The molecular formula is C22H32N2O. The molecular weight excluding hydrogens is 308 g/mol. The quantitative estimate of drug-likeness (QED) is 0.769. The Labute approximate surface area is 152 Å². The molecule has 2 saturated heterocycles. The van der Waals surface area contributed by atoms with Crippen LogP contribution in [0.4, 0.5) is 0 Å². The van der Waals surface area contributed by atoms with Crippen LogP contribution in [0.3, 0.4) is 0 Å². The summed E-state index contributed by atoms with van der Waals surface area (Å²) in [5.41, 5.74) is 6.00. The van der Waals surface area contributed by atoms with Crippen LogP contribution in [0.25, 0.3) is 0 Å². The molecule has 136 valence electrons. The van der Waals surface area contributed by atoms with Crippen molar-refractivity contribution < 1.29 is 4.74 Å². The molecule has 2 aliphatic carbocycles. The van der Waals surface area contributed by atoms with Crippen molar-refractivity contribution in [3.05, 3.63) is 46.8 Å². The topological polar surface area (TPSA) is 15.7 Å². The molecule has 0 bridgehead atoms. The van der Waals surface area contributed by atoms with E-state index in [1.807, 2.05) is 7.11 Å². The average Bonchev–Trinajstić information content (AvgIpc) is 2.63. The number of rotatable bonds is 3. The number of nitrogens with zero attached hydrogens (tertiary/aromatic N) is 2. The van der Waals surface area contributed by atoms with E-state index in [0.29, 0.717) is 11.8 Å². The third-order valence-corrected chi connectivity index (χ3v) is 6.62. The highest BCUT2D eigenvalue weighted by Crippen LogP contribution is 2.40. The van der Waals surface area contributed by atoms with E-state index in [9.17, 15) is 0 Å². The highest BCUT2D eigenvalue weighted by molar-refractivity contribution is 5.38. The van der Waals surface area contributed by atoms with Crippen molar-refractivity contribution in [2.24, 2.45) is 11.8 Å². The van der Waals surface area contributed by atoms with Crippen LogP contribution in [-0.2, 0) is 4.74 Å². The highest BCUT2D eigenvalue weighted by atomic mass is 16.5. The Bertz CT molecular complexity index is 588. The van der Waals surface area contributed by atoms with Gasteiger partial charge < -0.3 is 14.5 Å². The maximum atomic E-state index is 6.02. The van der Waals surface area contributed by atoms with E-state index in [2.05, 4.69) is 48.2 Å². The minimum atomic E-state index is 0.162. The van der Waals surface area contributed by atoms with Crippen molar-refractivity contribution in [2.45, 2.75) is 44.6 Å². The molecule has 0 amide bonds. The van der Waals surface area contributed by atoms with E-state index in [-0.39, 0.29) is 6.10 Å². The van der Waals surface area contributed by atoms with Gasteiger partial charge in [-0.25, -0.2) is 0 Å². The second-order valence-corrected chi connectivity index (χ2v) is 8.21. The van der Waals surface area contributed by atoms with E-state index in [4.69, 9.17) is 4.74 Å². The summed E-state index contributed by atoms with van der Waals surface area (Å²) in [6, 6.07) is 0. The van der Waals surface area contributed by atoms with Gasteiger partial charge in [-0.3, -0.25) is 0 Å². The maximum Gasteiger partial charge on any atom is 0.0998 e. The first-order valence-corrected chi connectivity index (χ1v) is 9.93. The molecule has 0 aromatic heterocycles. The van der Waals surface area contributed by atoms with E-state index < -0.39 is 0 Å².